The Kier molecular flexibility index (Phi) is 4.48. The molecule has 1 fully saturated rings. The molecule has 1 aromatic rings. The molecule has 17 heavy (non-hydrogen) atoms. The summed E-state index contributed by atoms with van der Waals surface area (Å²) >= 11 is 0. The van der Waals surface area contributed by atoms with Crippen LogP contribution in [0.15, 0.2) is 12.1 Å². The molecule has 0 bridgehead atoms. The highest BCUT2D eigenvalue weighted by molar-refractivity contribution is 5.85. The first-order chi connectivity index (χ1) is 7.59. The molecule has 1 aliphatic carbocycles. The number of hydrogen-bond acceptors (Lipinski definition) is 4. The molecule has 1 aromatic carbocycles. The van der Waals surface area contributed by atoms with Crippen LogP contribution >= 0.6 is 12.4 Å². The molecule has 0 heterocycles. The fraction of sp³-hybridized carbons (Fsp3) is 0.500. The summed E-state index contributed by atoms with van der Waals surface area (Å²) in [7, 11) is 0. The van der Waals surface area contributed by atoms with E-state index >= 15 is 0 Å². The van der Waals surface area contributed by atoms with Crippen molar-refractivity contribution in [2.24, 2.45) is 11.7 Å². The van der Waals surface area contributed by atoms with Gasteiger partial charge in [0.2, 0.25) is 0 Å². The Morgan fingerprint density at radius 2 is 1.53 bits per heavy atom. The van der Waals surface area contributed by atoms with Crippen LogP contribution in [0.1, 0.15) is 37.3 Å². The number of halogens is 1. The lowest BCUT2D eigenvalue weighted by atomic mass is 9.91. The number of hydrogen-bond donors (Lipinski definition) is 4. The molecule has 5 heteroatoms. The maximum Gasteiger partial charge on any atom is 0.127 e. The fourth-order valence-corrected chi connectivity index (χ4v) is 2.50. The van der Waals surface area contributed by atoms with Gasteiger partial charge in [0.1, 0.15) is 17.2 Å². The van der Waals surface area contributed by atoms with Gasteiger partial charge < -0.3 is 21.1 Å². The Labute approximate surface area is 106 Å². The summed E-state index contributed by atoms with van der Waals surface area (Å²) in [6.07, 6.45) is 4.36. The van der Waals surface area contributed by atoms with Gasteiger partial charge in [-0.15, -0.1) is 12.4 Å². The molecule has 0 unspecified atom stereocenters. The van der Waals surface area contributed by atoms with Crippen molar-refractivity contribution >= 4 is 12.4 Å². The summed E-state index contributed by atoms with van der Waals surface area (Å²) in [5.41, 5.74) is 6.40. The molecule has 4 nitrogen and oxygen atoms in total. The van der Waals surface area contributed by atoms with Crippen molar-refractivity contribution in [2.45, 2.75) is 31.7 Å². The van der Waals surface area contributed by atoms with Gasteiger partial charge in [0.05, 0.1) is 5.56 Å². The Balaban J connectivity index is 0.00000144. The number of nitrogens with two attached hydrogens (primary N) is 1. The van der Waals surface area contributed by atoms with Gasteiger partial charge in [0.25, 0.3) is 0 Å². The van der Waals surface area contributed by atoms with Crippen LogP contribution in [0.5, 0.6) is 17.2 Å². The van der Waals surface area contributed by atoms with Crippen molar-refractivity contribution in [3.8, 4) is 17.2 Å². The lowest BCUT2D eigenvalue weighted by Crippen LogP contribution is -2.19. The highest BCUT2D eigenvalue weighted by Gasteiger charge is 2.27. The van der Waals surface area contributed by atoms with Gasteiger partial charge in [-0.05, 0) is 18.8 Å². The molecule has 1 aliphatic rings. The zero-order chi connectivity index (χ0) is 11.7. The Bertz CT molecular complexity index is 368. The van der Waals surface area contributed by atoms with E-state index in [1.807, 2.05) is 0 Å². The van der Waals surface area contributed by atoms with Crippen LogP contribution in [-0.2, 0) is 0 Å². The number of phenols is 3. The monoisotopic (exact) mass is 259 g/mol. The second kappa shape index (κ2) is 5.47. The lowest BCUT2D eigenvalue weighted by molar-refractivity contribution is 0.379. The van der Waals surface area contributed by atoms with Crippen molar-refractivity contribution in [1.29, 1.82) is 0 Å². The third kappa shape index (κ3) is 2.76. The van der Waals surface area contributed by atoms with Crippen molar-refractivity contribution in [2.75, 3.05) is 0 Å². The zero-order valence-corrected chi connectivity index (χ0v) is 10.3. The van der Waals surface area contributed by atoms with E-state index < -0.39 is 0 Å². The third-order valence-corrected chi connectivity index (χ3v) is 3.36. The number of rotatable bonds is 2. The normalized spacial score (nSPS) is 17.7. The Morgan fingerprint density at radius 1 is 1.06 bits per heavy atom. The highest BCUT2D eigenvalue weighted by atomic mass is 35.5. The van der Waals surface area contributed by atoms with E-state index in [-0.39, 0.29) is 35.7 Å². The largest absolute Gasteiger partial charge is 0.508 e. The first-order valence-corrected chi connectivity index (χ1v) is 5.60. The molecule has 96 valence electrons. The van der Waals surface area contributed by atoms with Crippen LogP contribution in [0.4, 0.5) is 0 Å². The van der Waals surface area contributed by atoms with Crippen molar-refractivity contribution in [1.82, 2.24) is 0 Å². The minimum absolute atomic E-state index is 0. The first-order valence-electron chi connectivity index (χ1n) is 5.60. The van der Waals surface area contributed by atoms with Crippen LogP contribution in [0, 0.1) is 5.92 Å². The smallest absolute Gasteiger partial charge is 0.127 e. The molecular weight excluding hydrogens is 242 g/mol. The lowest BCUT2D eigenvalue weighted by Gasteiger charge is -2.21. The molecule has 0 amide bonds. The molecule has 2 rings (SSSR count). The molecule has 0 radical (unpaired) electrons. The third-order valence-electron chi connectivity index (χ3n) is 3.36. The van der Waals surface area contributed by atoms with Gasteiger partial charge >= 0.3 is 0 Å². The SMILES string of the molecule is Cl.N[C@H](c1c(O)cc(O)cc1O)C1CCCC1. The fourth-order valence-electron chi connectivity index (χ4n) is 2.50. The van der Waals surface area contributed by atoms with Crippen LogP contribution < -0.4 is 5.73 Å². The molecule has 0 spiro atoms. The second-order valence-corrected chi connectivity index (χ2v) is 4.47. The van der Waals surface area contributed by atoms with E-state index in [0.29, 0.717) is 11.5 Å². The average Bonchev–Trinajstić information content (AvgIpc) is 2.67. The summed E-state index contributed by atoms with van der Waals surface area (Å²) in [5, 5.41) is 28.6. The predicted octanol–water partition coefficient (Wildman–Crippen LogP) is 2.42. The van der Waals surface area contributed by atoms with Gasteiger partial charge in [-0.2, -0.15) is 0 Å². The van der Waals surface area contributed by atoms with Gasteiger partial charge in [-0.3, -0.25) is 0 Å². The summed E-state index contributed by atoms with van der Waals surface area (Å²) in [5.74, 6) is -0.104. The van der Waals surface area contributed by atoms with Gasteiger partial charge in [-0.25, -0.2) is 0 Å². The molecule has 1 atom stereocenters. The maximum absolute atomic E-state index is 9.70. The molecular formula is C12H18ClNO3. The van der Waals surface area contributed by atoms with Gasteiger partial charge in [-0.1, -0.05) is 12.8 Å². The maximum atomic E-state index is 9.70. The highest BCUT2D eigenvalue weighted by Crippen LogP contribution is 2.42. The van der Waals surface area contributed by atoms with E-state index in [0.717, 1.165) is 25.7 Å². The van der Waals surface area contributed by atoms with Crippen LogP contribution in [0.3, 0.4) is 0 Å². The number of benzene rings is 1. The van der Waals surface area contributed by atoms with Crippen molar-refractivity contribution in [3.63, 3.8) is 0 Å². The molecule has 1 saturated carbocycles. The molecule has 0 aromatic heterocycles. The van der Waals surface area contributed by atoms with Crippen molar-refractivity contribution < 1.29 is 15.3 Å². The minimum Gasteiger partial charge on any atom is -0.508 e. The van der Waals surface area contributed by atoms with Crippen LogP contribution in [0.2, 0.25) is 0 Å². The van der Waals surface area contributed by atoms with Crippen LogP contribution in [0.25, 0.3) is 0 Å². The summed E-state index contributed by atoms with van der Waals surface area (Å²) in [6.45, 7) is 0. The second-order valence-electron chi connectivity index (χ2n) is 4.47. The van der Waals surface area contributed by atoms with Gasteiger partial charge in [0, 0.05) is 18.2 Å². The predicted molar refractivity (Wildman–Crippen MR) is 67.6 cm³/mol. The molecule has 5 N–H and O–H groups in total. The van der Waals surface area contributed by atoms with E-state index in [1.165, 1.54) is 12.1 Å². The minimum atomic E-state index is -0.358. The Hall–Kier alpha value is -1.13. The summed E-state index contributed by atoms with van der Waals surface area (Å²) in [4.78, 5) is 0. The zero-order valence-electron chi connectivity index (χ0n) is 9.47. The summed E-state index contributed by atoms with van der Waals surface area (Å²) < 4.78 is 0. The number of phenolic OH excluding ortho intramolecular Hbond substituents is 3. The standard InChI is InChI=1S/C12H17NO3.ClH/c13-12(7-3-1-2-4-7)11-9(15)5-8(14)6-10(11)16;/h5-7,12,14-16H,1-4,13H2;1H/t12-;/m0./s1. The van der Waals surface area contributed by atoms with Gasteiger partial charge in [0.15, 0.2) is 0 Å². The number of aromatic hydroxyl groups is 3. The van der Waals surface area contributed by atoms with Crippen molar-refractivity contribution in [3.05, 3.63) is 17.7 Å². The van der Waals surface area contributed by atoms with E-state index in [4.69, 9.17) is 5.73 Å². The van der Waals surface area contributed by atoms with E-state index in [2.05, 4.69) is 0 Å². The quantitative estimate of drug-likeness (QED) is 0.657. The van der Waals surface area contributed by atoms with E-state index in [9.17, 15) is 15.3 Å². The van der Waals surface area contributed by atoms with E-state index in [1.54, 1.807) is 0 Å². The Morgan fingerprint density at radius 3 is 2.00 bits per heavy atom. The summed E-state index contributed by atoms with van der Waals surface area (Å²) in [6, 6.07) is 2.07. The topological polar surface area (TPSA) is 86.7 Å². The average molecular weight is 260 g/mol. The van der Waals surface area contributed by atoms with Crippen LogP contribution in [-0.4, -0.2) is 15.3 Å². The molecule has 0 aliphatic heterocycles. The molecule has 0 saturated heterocycles. The first kappa shape index (κ1) is 13.9.